The molecular weight excluding hydrogens is 210 g/mol. The van der Waals surface area contributed by atoms with Crippen molar-refractivity contribution in [2.45, 2.75) is 31.9 Å². The van der Waals surface area contributed by atoms with Crippen molar-refractivity contribution in [3.63, 3.8) is 0 Å². The van der Waals surface area contributed by atoms with Gasteiger partial charge in [-0.1, -0.05) is 30.2 Å². The first-order valence-corrected chi connectivity index (χ1v) is 6.04. The number of hydrogen-bond acceptors (Lipinski definition) is 2. The van der Waals surface area contributed by atoms with Gasteiger partial charge in [0.2, 0.25) is 0 Å². The van der Waals surface area contributed by atoms with Crippen molar-refractivity contribution in [3.05, 3.63) is 35.4 Å². The maximum atomic E-state index is 5.81. The van der Waals surface area contributed by atoms with Gasteiger partial charge in [-0.2, -0.15) is 0 Å². The van der Waals surface area contributed by atoms with E-state index >= 15 is 0 Å². The van der Waals surface area contributed by atoms with Crippen LogP contribution < -0.4 is 5.32 Å². The Balaban J connectivity index is 2.07. The van der Waals surface area contributed by atoms with Gasteiger partial charge in [0.15, 0.2) is 0 Å². The first kappa shape index (κ1) is 12.2. The molecule has 1 N–H and O–H groups in total. The second-order valence-corrected chi connectivity index (χ2v) is 4.96. The molecular formula is C15H19NO. The molecule has 0 radical (unpaired) electrons. The molecule has 0 aliphatic carbocycles. The number of benzene rings is 1. The van der Waals surface area contributed by atoms with Crippen molar-refractivity contribution < 1.29 is 4.74 Å². The Morgan fingerprint density at radius 2 is 2.24 bits per heavy atom. The van der Waals surface area contributed by atoms with Crippen LogP contribution in [-0.2, 0) is 11.2 Å². The van der Waals surface area contributed by atoms with E-state index in [1.54, 1.807) is 0 Å². The highest BCUT2D eigenvalue weighted by molar-refractivity contribution is 5.31. The van der Waals surface area contributed by atoms with Crippen LogP contribution in [0.5, 0.6) is 0 Å². The van der Waals surface area contributed by atoms with Crippen molar-refractivity contribution in [2.75, 3.05) is 13.2 Å². The van der Waals surface area contributed by atoms with Crippen molar-refractivity contribution in [1.29, 1.82) is 0 Å². The number of nitrogens with one attached hydrogen (secondary N) is 1. The summed E-state index contributed by atoms with van der Waals surface area (Å²) in [6.07, 6.45) is 6.59. The molecule has 0 aromatic heterocycles. The molecule has 0 saturated heterocycles. The Morgan fingerprint density at radius 3 is 3.00 bits per heavy atom. The van der Waals surface area contributed by atoms with Crippen LogP contribution in [0.25, 0.3) is 0 Å². The summed E-state index contributed by atoms with van der Waals surface area (Å²) in [4.78, 5) is 0. The van der Waals surface area contributed by atoms with Gasteiger partial charge in [0.25, 0.3) is 0 Å². The number of rotatable bonds is 3. The van der Waals surface area contributed by atoms with E-state index in [0.29, 0.717) is 0 Å². The predicted molar refractivity (Wildman–Crippen MR) is 69.8 cm³/mol. The Kier molecular flexibility index (Phi) is 3.51. The largest absolute Gasteiger partial charge is 0.372 e. The van der Waals surface area contributed by atoms with E-state index in [4.69, 9.17) is 11.2 Å². The zero-order valence-electron chi connectivity index (χ0n) is 10.5. The summed E-state index contributed by atoms with van der Waals surface area (Å²) < 4.78 is 5.81. The molecule has 2 nitrogen and oxygen atoms in total. The molecule has 1 heterocycles. The highest BCUT2D eigenvalue weighted by Crippen LogP contribution is 2.26. The molecule has 2 rings (SSSR count). The third-order valence-corrected chi connectivity index (χ3v) is 3.18. The van der Waals surface area contributed by atoms with E-state index in [0.717, 1.165) is 19.6 Å². The van der Waals surface area contributed by atoms with Gasteiger partial charge in [0, 0.05) is 6.54 Å². The average molecular weight is 229 g/mol. The van der Waals surface area contributed by atoms with Gasteiger partial charge in [0.05, 0.1) is 18.2 Å². The maximum Gasteiger partial charge on any atom is 0.0952 e. The Morgan fingerprint density at radius 1 is 1.47 bits per heavy atom. The van der Waals surface area contributed by atoms with Crippen LogP contribution in [-0.4, -0.2) is 18.7 Å². The molecule has 1 aromatic carbocycles. The number of hydrogen-bond donors (Lipinski definition) is 1. The van der Waals surface area contributed by atoms with Crippen molar-refractivity contribution in [2.24, 2.45) is 0 Å². The molecule has 1 atom stereocenters. The van der Waals surface area contributed by atoms with Crippen LogP contribution in [0.2, 0.25) is 0 Å². The lowest BCUT2D eigenvalue weighted by Crippen LogP contribution is -2.41. The molecule has 1 aromatic rings. The fraction of sp³-hybridized carbons (Fsp3) is 0.467. The minimum atomic E-state index is -0.282. The van der Waals surface area contributed by atoms with Crippen LogP contribution in [0.15, 0.2) is 24.3 Å². The molecule has 0 spiro atoms. The fourth-order valence-electron chi connectivity index (χ4n) is 2.04. The van der Waals surface area contributed by atoms with E-state index < -0.39 is 0 Å². The Hall–Kier alpha value is -1.30. The highest BCUT2D eigenvalue weighted by atomic mass is 16.5. The highest BCUT2D eigenvalue weighted by Gasteiger charge is 2.22. The summed E-state index contributed by atoms with van der Waals surface area (Å²) in [6, 6.07) is 8.47. The SMILES string of the molecule is C#CC(C)(C)NCC1OCCc2ccccc21. The molecule has 0 amide bonds. The quantitative estimate of drug-likeness (QED) is 0.803. The second kappa shape index (κ2) is 4.91. The minimum absolute atomic E-state index is 0.118. The number of terminal acetylenes is 1. The van der Waals surface area contributed by atoms with Crippen molar-refractivity contribution >= 4 is 0 Å². The molecule has 1 unspecified atom stereocenters. The van der Waals surface area contributed by atoms with Gasteiger partial charge in [-0.25, -0.2) is 0 Å². The molecule has 0 bridgehead atoms. The summed E-state index contributed by atoms with van der Waals surface area (Å²) in [5.74, 6) is 2.74. The molecule has 0 saturated carbocycles. The van der Waals surface area contributed by atoms with E-state index in [1.807, 2.05) is 13.8 Å². The summed E-state index contributed by atoms with van der Waals surface area (Å²) >= 11 is 0. The summed E-state index contributed by atoms with van der Waals surface area (Å²) in [5, 5.41) is 3.36. The Bertz CT molecular complexity index is 431. The van der Waals surface area contributed by atoms with Gasteiger partial charge in [0.1, 0.15) is 0 Å². The van der Waals surface area contributed by atoms with E-state index in [1.165, 1.54) is 11.1 Å². The van der Waals surface area contributed by atoms with Gasteiger partial charge in [-0.15, -0.1) is 6.42 Å². The molecule has 1 aliphatic rings. The van der Waals surface area contributed by atoms with E-state index in [2.05, 4.69) is 35.5 Å². The third kappa shape index (κ3) is 2.88. The lowest BCUT2D eigenvalue weighted by molar-refractivity contribution is 0.0397. The maximum absolute atomic E-state index is 5.81. The molecule has 17 heavy (non-hydrogen) atoms. The summed E-state index contributed by atoms with van der Waals surface area (Å²) in [7, 11) is 0. The van der Waals surface area contributed by atoms with Gasteiger partial charge < -0.3 is 4.74 Å². The second-order valence-electron chi connectivity index (χ2n) is 4.96. The minimum Gasteiger partial charge on any atom is -0.372 e. The van der Waals surface area contributed by atoms with Gasteiger partial charge >= 0.3 is 0 Å². The van der Waals surface area contributed by atoms with Crippen LogP contribution >= 0.6 is 0 Å². The molecule has 0 fully saturated rings. The lowest BCUT2D eigenvalue weighted by Gasteiger charge is -2.29. The predicted octanol–water partition coefficient (Wildman–Crippen LogP) is 2.30. The standard InChI is InChI=1S/C15H19NO/c1-4-15(2,3)16-11-14-13-8-6-5-7-12(13)9-10-17-14/h1,5-8,14,16H,9-11H2,2-3H3. The van der Waals surface area contributed by atoms with Crippen LogP contribution in [0.3, 0.4) is 0 Å². The third-order valence-electron chi connectivity index (χ3n) is 3.18. The first-order chi connectivity index (χ1) is 8.12. The molecule has 2 heteroatoms. The summed E-state index contributed by atoms with van der Waals surface area (Å²) in [6.45, 7) is 5.55. The number of ether oxygens (including phenoxy) is 1. The van der Waals surface area contributed by atoms with Crippen LogP contribution in [0.4, 0.5) is 0 Å². The van der Waals surface area contributed by atoms with Crippen LogP contribution in [0.1, 0.15) is 31.1 Å². The molecule has 90 valence electrons. The van der Waals surface area contributed by atoms with E-state index in [9.17, 15) is 0 Å². The normalized spacial score (nSPS) is 19.5. The zero-order valence-corrected chi connectivity index (χ0v) is 10.5. The monoisotopic (exact) mass is 229 g/mol. The van der Waals surface area contributed by atoms with Crippen molar-refractivity contribution in [3.8, 4) is 12.3 Å². The molecule has 1 aliphatic heterocycles. The van der Waals surface area contributed by atoms with Crippen molar-refractivity contribution in [1.82, 2.24) is 5.32 Å². The van der Waals surface area contributed by atoms with Crippen LogP contribution in [0, 0.1) is 12.3 Å². The smallest absolute Gasteiger partial charge is 0.0952 e. The number of fused-ring (bicyclic) bond motifs is 1. The van der Waals surface area contributed by atoms with Gasteiger partial charge in [-0.3, -0.25) is 5.32 Å². The summed E-state index contributed by atoms with van der Waals surface area (Å²) in [5.41, 5.74) is 2.40. The Labute approximate surface area is 103 Å². The average Bonchev–Trinajstić information content (AvgIpc) is 2.36. The first-order valence-electron chi connectivity index (χ1n) is 6.04. The van der Waals surface area contributed by atoms with Gasteiger partial charge in [-0.05, 0) is 31.4 Å². The topological polar surface area (TPSA) is 21.3 Å². The fourth-order valence-corrected chi connectivity index (χ4v) is 2.04. The lowest BCUT2D eigenvalue weighted by atomic mass is 9.97. The van der Waals surface area contributed by atoms with E-state index in [-0.39, 0.29) is 11.6 Å². The zero-order chi connectivity index (χ0) is 12.3.